The van der Waals surface area contributed by atoms with Gasteiger partial charge in [-0.3, -0.25) is 14.9 Å². The van der Waals surface area contributed by atoms with Crippen molar-refractivity contribution in [2.45, 2.75) is 6.54 Å². The van der Waals surface area contributed by atoms with E-state index < -0.39 is 10.8 Å². The van der Waals surface area contributed by atoms with E-state index in [1.165, 1.54) is 29.5 Å². The van der Waals surface area contributed by atoms with Gasteiger partial charge in [-0.05, 0) is 29.8 Å². The molecule has 8 nitrogen and oxygen atoms in total. The van der Waals surface area contributed by atoms with Gasteiger partial charge in [-0.15, -0.1) is 6.42 Å². The molecule has 0 saturated heterocycles. The number of rotatable bonds is 4. The van der Waals surface area contributed by atoms with Crippen LogP contribution in [-0.4, -0.2) is 22.2 Å². The number of terminal acetylenes is 1. The van der Waals surface area contributed by atoms with Crippen LogP contribution in [0.3, 0.4) is 0 Å². The van der Waals surface area contributed by atoms with Crippen LogP contribution in [0.2, 0.25) is 0 Å². The SMILES string of the molecule is C#CCn1c(=NC(=O)/C=C\c2ccc3c(c2)OCO3)sc2cc([N+](=O)[O-])ccc21. The minimum atomic E-state index is -0.477. The first-order chi connectivity index (χ1) is 14.0. The lowest BCUT2D eigenvalue weighted by atomic mass is 10.2. The normalized spacial score (nSPS) is 13.1. The number of nitrogens with zero attached hydrogens (tertiary/aromatic N) is 3. The number of nitro benzene ring substituents is 1. The molecule has 1 aromatic heterocycles. The van der Waals surface area contributed by atoms with Crippen LogP contribution in [0.5, 0.6) is 11.5 Å². The van der Waals surface area contributed by atoms with E-state index in [2.05, 4.69) is 10.9 Å². The number of non-ortho nitro benzene ring substituents is 1. The van der Waals surface area contributed by atoms with Crippen LogP contribution in [0.25, 0.3) is 16.3 Å². The smallest absolute Gasteiger partial charge is 0.272 e. The summed E-state index contributed by atoms with van der Waals surface area (Å²) >= 11 is 1.17. The molecule has 0 aliphatic carbocycles. The maximum absolute atomic E-state index is 12.4. The van der Waals surface area contributed by atoms with E-state index in [0.717, 1.165) is 5.56 Å². The number of nitro groups is 1. The lowest BCUT2D eigenvalue weighted by molar-refractivity contribution is -0.384. The molecule has 0 saturated carbocycles. The van der Waals surface area contributed by atoms with Crippen molar-refractivity contribution in [3.05, 3.63) is 63.0 Å². The fourth-order valence-corrected chi connectivity index (χ4v) is 3.89. The summed E-state index contributed by atoms with van der Waals surface area (Å²) < 4.78 is 12.9. The van der Waals surface area contributed by atoms with Gasteiger partial charge in [-0.2, -0.15) is 4.99 Å². The van der Waals surface area contributed by atoms with Crippen LogP contribution in [0.1, 0.15) is 5.56 Å². The van der Waals surface area contributed by atoms with Gasteiger partial charge in [0.05, 0.1) is 21.7 Å². The van der Waals surface area contributed by atoms with Crippen molar-refractivity contribution >= 4 is 39.2 Å². The molecule has 144 valence electrons. The summed E-state index contributed by atoms with van der Waals surface area (Å²) in [5.74, 6) is 3.32. The Morgan fingerprint density at radius 2 is 2.14 bits per heavy atom. The number of carbonyl (C=O) groups excluding carboxylic acids is 1. The number of benzene rings is 2. The van der Waals surface area contributed by atoms with Crippen molar-refractivity contribution in [2.24, 2.45) is 4.99 Å². The lowest BCUT2D eigenvalue weighted by Gasteiger charge is -1.99. The Balaban J connectivity index is 1.67. The van der Waals surface area contributed by atoms with Gasteiger partial charge in [0.2, 0.25) is 6.79 Å². The highest BCUT2D eigenvalue weighted by molar-refractivity contribution is 7.16. The number of aromatic nitrogens is 1. The van der Waals surface area contributed by atoms with Crippen molar-refractivity contribution in [3.8, 4) is 23.8 Å². The monoisotopic (exact) mass is 407 g/mol. The molecule has 1 aliphatic heterocycles. The van der Waals surface area contributed by atoms with E-state index in [1.807, 2.05) is 0 Å². The Bertz CT molecular complexity index is 1280. The number of carbonyl (C=O) groups is 1. The average Bonchev–Trinajstić information content (AvgIpc) is 3.30. The molecule has 0 fully saturated rings. The molecule has 3 aromatic rings. The Labute approximate surface area is 168 Å². The third-order valence-electron chi connectivity index (χ3n) is 4.15. The van der Waals surface area contributed by atoms with Crippen LogP contribution >= 0.6 is 11.3 Å². The second kappa shape index (κ2) is 7.61. The largest absolute Gasteiger partial charge is 0.454 e. The van der Waals surface area contributed by atoms with Crippen LogP contribution in [0.15, 0.2) is 47.5 Å². The van der Waals surface area contributed by atoms with E-state index in [1.54, 1.807) is 34.9 Å². The Hall–Kier alpha value is -3.90. The topological polar surface area (TPSA) is 96.0 Å². The predicted molar refractivity (Wildman–Crippen MR) is 107 cm³/mol. The maximum Gasteiger partial charge on any atom is 0.272 e. The Morgan fingerprint density at radius 1 is 1.31 bits per heavy atom. The van der Waals surface area contributed by atoms with Gasteiger partial charge in [-0.25, -0.2) is 0 Å². The van der Waals surface area contributed by atoms with E-state index in [-0.39, 0.29) is 19.0 Å². The van der Waals surface area contributed by atoms with E-state index in [0.29, 0.717) is 26.5 Å². The maximum atomic E-state index is 12.4. The Kier molecular flexibility index (Phi) is 4.85. The Morgan fingerprint density at radius 3 is 2.93 bits per heavy atom. The summed E-state index contributed by atoms with van der Waals surface area (Å²) in [4.78, 5) is 27.4. The highest BCUT2D eigenvalue weighted by Gasteiger charge is 2.13. The molecular weight excluding hydrogens is 394 g/mol. The highest BCUT2D eigenvalue weighted by Crippen LogP contribution is 2.32. The van der Waals surface area contributed by atoms with Crippen molar-refractivity contribution < 1.29 is 19.2 Å². The van der Waals surface area contributed by atoms with E-state index in [4.69, 9.17) is 15.9 Å². The summed E-state index contributed by atoms with van der Waals surface area (Å²) in [5, 5.41) is 11.0. The molecule has 1 amide bonds. The second-order valence-electron chi connectivity index (χ2n) is 5.98. The third kappa shape index (κ3) is 3.74. The fourth-order valence-electron chi connectivity index (χ4n) is 2.82. The van der Waals surface area contributed by atoms with Gasteiger partial charge in [0.1, 0.15) is 0 Å². The molecule has 0 N–H and O–H groups in total. The van der Waals surface area contributed by atoms with Gasteiger partial charge >= 0.3 is 0 Å². The average molecular weight is 407 g/mol. The zero-order valence-corrected chi connectivity index (χ0v) is 15.7. The number of thiazole rings is 1. The first-order valence-corrected chi connectivity index (χ1v) is 9.24. The second-order valence-corrected chi connectivity index (χ2v) is 6.99. The molecule has 0 unspecified atom stereocenters. The molecule has 0 spiro atoms. The van der Waals surface area contributed by atoms with Crippen molar-refractivity contribution in [1.29, 1.82) is 0 Å². The van der Waals surface area contributed by atoms with Crippen LogP contribution in [0.4, 0.5) is 5.69 Å². The molecule has 0 bridgehead atoms. The molecule has 2 heterocycles. The number of ether oxygens (including phenoxy) is 2. The van der Waals surface area contributed by atoms with Crippen LogP contribution in [0, 0.1) is 22.5 Å². The molecule has 0 radical (unpaired) electrons. The summed E-state index contributed by atoms with van der Waals surface area (Å²) in [5.41, 5.74) is 1.42. The summed E-state index contributed by atoms with van der Waals surface area (Å²) in [6.07, 6.45) is 8.39. The summed E-state index contributed by atoms with van der Waals surface area (Å²) in [7, 11) is 0. The number of hydrogen-bond acceptors (Lipinski definition) is 6. The molecule has 1 aliphatic rings. The van der Waals surface area contributed by atoms with Gasteiger partial charge in [0, 0.05) is 18.2 Å². The molecule has 9 heteroatoms. The first-order valence-electron chi connectivity index (χ1n) is 8.43. The number of fused-ring (bicyclic) bond motifs is 2. The molecule has 29 heavy (non-hydrogen) atoms. The predicted octanol–water partition coefficient (Wildman–Crippen LogP) is 3.11. The minimum absolute atomic E-state index is 0.0350. The van der Waals surface area contributed by atoms with Crippen LogP contribution < -0.4 is 14.3 Å². The molecule has 2 aromatic carbocycles. The van der Waals surface area contributed by atoms with E-state index in [9.17, 15) is 14.9 Å². The quantitative estimate of drug-likeness (QED) is 0.287. The highest BCUT2D eigenvalue weighted by atomic mass is 32.1. The molecule has 0 atom stereocenters. The van der Waals surface area contributed by atoms with Gasteiger partial charge < -0.3 is 14.0 Å². The number of hydrogen-bond donors (Lipinski definition) is 0. The zero-order chi connectivity index (χ0) is 20.4. The van der Waals surface area contributed by atoms with Gasteiger partial charge in [-0.1, -0.05) is 23.3 Å². The minimum Gasteiger partial charge on any atom is -0.454 e. The molecule has 4 rings (SSSR count). The summed E-state index contributed by atoms with van der Waals surface area (Å²) in [6, 6.07) is 9.78. The standard InChI is InChI=1S/C20H13N3O5S/c1-2-9-22-15-6-5-14(23(25)26)11-18(15)29-20(22)21-19(24)8-4-13-3-7-16-17(10-13)28-12-27-16/h1,3-8,10-11H,9,12H2/b8-4-,21-20?. The fraction of sp³-hybridized carbons (Fsp3) is 0.100. The first kappa shape index (κ1) is 18.5. The third-order valence-corrected chi connectivity index (χ3v) is 5.19. The van der Waals surface area contributed by atoms with E-state index >= 15 is 0 Å². The summed E-state index contributed by atoms with van der Waals surface area (Å²) in [6.45, 7) is 0.367. The van der Waals surface area contributed by atoms with Gasteiger partial charge in [0.25, 0.3) is 11.6 Å². The lowest BCUT2D eigenvalue weighted by Crippen LogP contribution is -2.15. The van der Waals surface area contributed by atoms with Crippen molar-refractivity contribution in [2.75, 3.05) is 6.79 Å². The zero-order valence-electron chi connectivity index (χ0n) is 14.9. The number of amides is 1. The van der Waals surface area contributed by atoms with Gasteiger partial charge in [0.15, 0.2) is 16.3 Å². The molecular formula is C20H13N3O5S. The van der Waals surface area contributed by atoms with Crippen molar-refractivity contribution in [3.63, 3.8) is 0 Å². The van der Waals surface area contributed by atoms with Crippen LogP contribution in [-0.2, 0) is 11.3 Å². The van der Waals surface area contributed by atoms with Crippen molar-refractivity contribution in [1.82, 2.24) is 4.57 Å².